The van der Waals surface area contributed by atoms with Crippen molar-refractivity contribution in [2.45, 2.75) is 33.0 Å². The Morgan fingerprint density at radius 2 is 2.03 bits per heavy atom. The third-order valence-corrected chi connectivity index (χ3v) is 5.87. The van der Waals surface area contributed by atoms with Crippen LogP contribution in [-0.4, -0.2) is 54.4 Å². The van der Waals surface area contributed by atoms with Gasteiger partial charge in [0.05, 0.1) is 23.2 Å². The van der Waals surface area contributed by atoms with E-state index in [-0.39, 0.29) is 24.0 Å². The summed E-state index contributed by atoms with van der Waals surface area (Å²) in [6.07, 6.45) is 12.3. The van der Waals surface area contributed by atoms with Crippen LogP contribution in [0.2, 0.25) is 0 Å². The van der Waals surface area contributed by atoms with Crippen molar-refractivity contribution in [1.29, 1.82) is 0 Å². The number of hydrogen-bond donors (Lipinski definition) is 4. The summed E-state index contributed by atoms with van der Waals surface area (Å²) in [4.78, 5) is 24.3. The number of likely N-dealkylation sites (N-methyl/N-ethyl adjacent to an activating group) is 1. The molecule has 1 saturated heterocycles. The molecular weight excluding hydrogens is 416 g/mol. The molecule has 0 aromatic carbocycles. The van der Waals surface area contributed by atoms with Crippen molar-refractivity contribution in [1.82, 2.24) is 15.2 Å². The summed E-state index contributed by atoms with van der Waals surface area (Å²) in [7, 11) is 1.98. The van der Waals surface area contributed by atoms with Crippen LogP contribution in [0, 0.1) is 5.92 Å². The standard InChI is InChI=1S/C24H34N8O/c1-15(2)17(9-25)8-23(27)30-24-6-5-21-22(31(24)4)7-18(11-29-21)19(10-26)12-28-20-13-32(14-20)16(3)33/h5-12,15,20,24,30H,13-14,25-27H2,1-4H3/b17-9+,19-10?,23-8+,28-12?. The first-order chi connectivity index (χ1) is 15.7. The number of pyridine rings is 1. The summed E-state index contributed by atoms with van der Waals surface area (Å²) < 4.78 is 0. The van der Waals surface area contributed by atoms with E-state index in [1.807, 2.05) is 31.3 Å². The molecule has 9 nitrogen and oxygen atoms in total. The Kier molecular flexibility index (Phi) is 7.42. The molecule has 1 amide bonds. The van der Waals surface area contributed by atoms with Crippen LogP contribution >= 0.6 is 0 Å². The number of rotatable bonds is 7. The number of carbonyl (C=O) groups is 1. The van der Waals surface area contributed by atoms with Crippen LogP contribution in [0.25, 0.3) is 11.6 Å². The highest BCUT2D eigenvalue weighted by Gasteiger charge is 2.27. The fourth-order valence-electron chi connectivity index (χ4n) is 3.64. The number of nitrogens with one attached hydrogen (secondary N) is 1. The maximum atomic E-state index is 11.3. The lowest BCUT2D eigenvalue weighted by atomic mass is 10.0. The molecule has 7 N–H and O–H groups in total. The minimum absolute atomic E-state index is 0.0733. The second-order valence-corrected chi connectivity index (χ2v) is 8.59. The molecule has 3 rings (SSSR count). The maximum absolute atomic E-state index is 11.3. The van der Waals surface area contributed by atoms with Crippen molar-refractivity contribution in [2.24, 2.45) is 28.1 Å². The molecule has 3 heterocycles. The van der Waals surface area contributed by atoms with E-state index in [4.69, 9.17) is 17.2 Å². The number of aromatic nitrogens is 1. The Hall–Kier alpha value is -3.75. The first-order valence-corrected chi connectivity index (χ1v) is 11.0. The Morgan fingerprint density at radius 3 is 2.64 bits per heavy atom. The second kappa shape index (κ2) is 10.2. The molecule has 1 aromatic heterocycles. The normalized spacial score (nSPS) is 19.8. The first-order valence-electron chi connectivity index (χ1n) is 11.0. The summed E-state index contributed by atoms with van der Waals surface area (Å²) in [6, 6.07) is 2.13. The molecule has 0 bridgehead atoms. The zero-order valence-electron chi connectivity index (χ0n) is 19.7. The van der Waals surface area contributed by atoms with Gasteiger partial charge in [-0.1, -0.05) is 13.8 Å². The molecule has 1 atom stereocenters. The quantitative estimate of drug-likeness (QED) is 0.363. The van der Waals surface area contributed by atoms with Gasteiger partial charge < -0.3 is 32.3 Å². The van der Waals surface area contributed by atoms with E-state index < -0.39 is 0 Å². The summed E-state index contributed by atoms with van der Waals surface area (Å²) >= 11 is 0. The van der Waals surface area contributed by atoms with Crippen molar-refractivity contribution < 1.29 is 4.79 Å². The molecule has 1 fully saturated rings. The number of carbonyl (C=O) groups excluding carboxylic acids is 1. The number of amides is 1. The van der Waals surface area contributed by atoms with Crippen LogP contribution in [0.4, 0.5) is 5.69 Å². The maximum Gasteiger partial charge on any atom is 0.219 e. The van der Waals surface area contributed by atoms with Crippen molar-refractivity contribution in [2.75, 3.05) is 25.0 Å². The van der Waals surface area contributed by atoms with Crippen LogP contribution in [0.1, 0.15) is 32.0 Å². The van der Waals surface area contributed by atoms with Crippen molar-refractivity contribution in [3.8, 4) is 0 Å². The minimum Gasteiger partial charge on any atom is -0.404 e. The van der Waals surface area contributed by atoms with E-state index in [2.05, 4.69) is 34.0 Å². The number of nitrogens with zero attached hydrogens (tertiary/aromatic N) is 4. The molecular formula is C24H34N8O. The third kappa shape index (κ3) is 5.54. The van der Waals surface area contributed by atoms with Gasteiger partial charge in [0, 0.05) is 56.8 Å². The third-order valence-electron chi connectivity index (χ3n) is 5.87. The van der Waals surface area contributed by atoms with Gasteiger partial charge in [0.15, 0.2) is 0 Å². The molecule has 33 heavy (non-hydrogen) atoms. The highest BCUT2D eigenvalue weighted by Crippen LogP contribution is 2.28. The van der Waals surface area contributed by atoms with E-state index in [9.17, 15) is 4.79 Å². The molecule has 9 heteroatoms. The van der Waals surface area contributed by atoms with Gasteiger partial charge in [-0.05, 0) is 42.0 Å². The zero-order chi connectivity index (χ0) is 24.1. The summed E-state index contributed by atoms with van der Waals surface area (Å²) in [5.41, 5.74) is 22.2. The monoisotopic (exact) mass is 450 g/mol. The van der Waals surface area contributed by atoms with Gasteiger partial charge in [-0.25, -0.2) is 0 Å². The van der Waals surface area contributed by atoms with Crippen LogP contribution in [0.3, 0.4) is 0 Å². The topological polar surface area (TPSA) is 139 Å². The molecule has 1 unspecified atom stereocenters. The summed E-state index contributed by atoms with van der Waals surface area (Å²) in [5.74, 6) is 0.879. The zero-order valence-corrected chi connectivity index (χ0v) is 19.7. The van der Waals surface area contributed by atoms with Crippen molar-refractivity contribution in [3.05, 3.63) is 59.5 Å². The summed E-state index contributed by atoms with van der Waals surface area (Å²) in [5, 5.41) is 3.32. The molecule has 0 aliphatic carbocycles. The highest BCUT2D eigenvalue weighted by molar-refractivity contribution is 6.10. The molecule has 2 aliphatic heterocycles. The predicted molar refractivity (Wildman–Crippen MR) is 135 cm³/mol. The minimum atomic E-state index is -0.150. The van der Waals surface area contributed by atoms with Gasteiger partial charge in [-0.2, -0.15) is 0 Å². The predicted octanol–water partition coefficient (Wildman–Crippen LogP) is 1.36. The van der Waals surface area contributed by atoms with Crippen molar-refractivity contribution in [3.63, 3.8) is 0 Å². The van der Waals surface area contributed by atoms with Gasteiger partial charge in [0.25, 0.3) is 0 Å². The fourth-order valence-corrected chi connectivity index (χ4v) is 3.64. The van der Waals surface area contributed by atoms with Gasteiger partial charge in [-0.15, -0.1) is 0 Å². The lowest BCUT2D eigenvalue weighted by molar-refractivity contribution is -0.132. The number of fused-ring (bicyclic) bond motifs is 1. The number of likely N-dealkylation sites (tertiary alicyclic amines) is 1. The molecule has 2 aliphatic rings. The van der Waals surface area contributed by atoms with Crippen LogP contribution < -0.4 is 27.4 Å². The van der Waals surface area contributed by atoms with Crippen LogP contribution in [-0.2, 0) is 4.79 Å². The molecule has 176 valence electrons. The van der Waals surface area contributed by atoms with Gasteiger partial charge in [0.1, 0.15) is 6.17 Å². The Labute approximate surface area is 195 Å². The van der Waals surface area contributed by atoms with Gasteiger partial charge >= 0.3 is 0 Å². The molecule has 0 saturated carbocycles. The lowest BCUT2D eigenvalue weighted by Gasteiger charge is -2.36. The summed E-state index contributed by atoms with van der Waals surface area (Å²) in [6.45, 7) is 6.97. The van der Waals surface area contributed by atoms with E-state index in [0.29, 0.717) is 18.9 Å². The van der Waals surface area contributed by atoms with E-state index in [1.54, 1.807) is 30.4 Å². The SMILES string of the molecule is CC(=O)N1CC(N=CC(=CN)c2cnc3c(c2)N(C)C(N/C(N)=C/C(=C\N)C(C)C)C=C3)C1. The Balaban J connectivity index is 1.73. The number of allylic oxidation sites excluding steroid dienone is 3. The number of anilines is 1. The Morgan fingerprint density at radius 1 is 1.30 bits per heavy atom. The fraction of sp³-hybridized carbons (Fsp3) is 0.375. The number of hydrogen-bond acceptors (Lipinski definition) is 8. The van der Waals surface area contributed by atoms with Gasteiger partial charge in [-0.3, -0.25) is 14.8 Å². The van der Waals surface area contributed by atoms with E-state index in [0.717, 1.165) is 28.1 Å². The number of nitrogens with two attached hydrogens (primary N) is 3. The Bertz CT molecular complexity index is 1030. The second-order valence-electron chi connectivity index (χ2n) is 8.59. The molecule has 1 aromatic rings. The molecule has 0 spiro atoms. The smallest absolute Gasteiger partial charge is 0.219 e. The lowest BCUT2D eigenvalue weighted by Crippen LogP contribution is -2.51. The van der Waals surface area contributed by atoms with Crippen molar-refractivity contribution >= 4 is 29.5 Å². The average molecular weight is 451 g/mol. The molecule has 0 radical (unpaired) electrons. The largest absolute Gasteiger partial charge is 0.404 e. The van der Waals surface area contributed by atoms with Crippen LogP contribution in [0.15, 0.2) is 53.2 Å². The number of aliphatic imine (C=N–C) groups is 1. The highest BCUT2D eigenvalue weighted by atomic mass is 16.2. The van der Waals surface area contributed by atoms with E-state index in [1.165, 1.54) is 6.20 Å². The van der Waals surface area contributed by atoms with Gasteiger partial charge in [0.2, 0.25) is 5.91 Å². The van der Waals surface area contributed by atoms with E-state index >= 15 is 0 Å². The first kappa shape index (κ1) is 23.9. The van der Waals surface area contributed by atoms with Crippen LogP contribution in [0.5, 0.6) is 0 Å². The average Bonchev–Trinajstić information content (AvgIpc) is 2.75.